The van der Waals surface area contributed by atoms with Gasteiger partial charge in [-0.3, -0.25) is 14.4 Å². The molecule has 5 aliphatic carbocycles. The number of carboxylic acids is 1. The zero-order valence-corrected chi connectivity index (χ0v) is 24.3. The van der Waals surface area contributed by atoms with Crippen LogP contribution in [0.2, 0.25) is 0 Å². The van der Waals surface area contributed by atoms with E-state index in [9.17, 15) is 19.5 Å². The fraction of sp³-hybridized carbons (Fsp3) is 0.844. The number of fused-ring (bicyclic) bond motifs is 7. The highest BCUT2D eigenvalue weighted by Crippen LogP contribution is 2.75. The van der Waals surface area contributed by atoms with E-state index >= 15 is 0 Å². The fourth-order valence-electron chi connectivity index (χ4n) is 11.0. The van der Waals surface area contributed by atoms with Gasteiger partial charge in [-0.15, -0.1) is 0 Å². The van der Waals surface area contributed by atoms with Gasteiger partial charge in [-0.05, 0) is 110 Å². The Morgan fingerprint density at radius 1 is 0.946 bits per heavy atom. The summed E-state index contributed by atoms with van der Waals surface area (Å²) in [6, 6.07) is 0. The van der Waals surface area contributed by atoms with Crippen LogP contribution in [0.15, 0.2) is 11.6 Å². The van der Waals surface area contributed by atoms with Gasteiger partial charge in [-0.1, -0.05) is 47.1 Å². The molecule has 5 rings (SSSR count). The Kier molecular flexibility index (Phi) is 5.95. The number of ether oxygens (including phenoxy) is 1. The van der Waals surface area contributed by atoms with Gasteiger partial charge in [0.1, 0.15) is 11.5 Å². The van der Waals surface area contributed by atoms with Crippen molar-refractivity contribution in [3.63, 3.8) is 0 Å². The first kappa shape index (κ1) is 26.9. The highest BCUT2D eigenvalue weighted by molar-refractivity contribution is 5.96. The lowest BCUT2D eigenvalue weighted by Crippen LogP contribution is -2.68. The van der Waals surface area contributed by atoms with E-state index in [0.29, 0.717) is 30.6 Å². The molecule has 0 saturated heterocycles. The van der Waals surface area contributed by atoms with Crippen LogP contribution in [-0.2, 0) is 19.1 Å². The molecule has 4 fully saturated rings. The Labute approximate surface area is 223 Å². The van der Waals surface area contributed by atoms with Crippen molar-refractivity contribution in [1.29, 1.82) is 0 Å². The maximum absolute atomic E-state index is 14.4. The Hall–Kier alpha value is -1.65. The Morgan fingerprint density at radius 3 is 2.24 bits per heavy atom. The Morgan fingerprint density at radius 2 is 1.62 bits per heavy atom. The molecule has 37 heavy (non-hydrogen) atoms. The fourth-order valence-corrected chi connectivity index (χ4v) is 11.0. The average Bonchev–Trinajstić information content (AvgIpc) is 2.79. The molecule has 5 heteroatoms. The van der Waals surface area contributed by atoms with Crippen LogP contribution in [0, 0.1) is 56.7 Å². The van der Waals surface area contributed by atoms with Crippen molar-refractivity contribution in [3.05, 3.63) is 11.6 Å². The number of hydrogen-bond donors (Lipinski definition) is 1. The highest BCUT2D eigenvalue weighted by atomic mass is 16.5. The van der Waals surface area contributed by atoms with E-state index in [1.54, 1.807) is 6.92 Å². The van der Waals surface area contributed by atoms with Crippen molar-refractivity contribution < 1.29 is 24.2 Å². The van der Waals surface area contributed by atoms with Gasteiger partial charge in [-0.2, -0.15) is 0 Å². The lowest BCUT2D eigenvalue weighted by molar-refractivity contribution is -0.220. The second kappa shape index (κ2) is 8.18. The van der Waals surface area contributed by atoms with Crippen LogP contribution in [0.5, 0.6) is 0 Å². The number of esters is 1. The zero-order valence-electron chi connectivity index (χ0n) is 24.3. The SMILES string of the molecule is CC(=O)O[C@H]1CC[C@]2(C)[C@H](CC[C@@]3(C)[C@H]2C(=O)C=C2[C@H]4[C@H](C)[C@@H](C)CC[C@@]4(C)CC[C@@]23C)[C@]1(C)C(=O)O. The van der Waals surface area contributed by atoms with Gasteiger partial charge in [0.2, 0.25) is 0 Å². The first-order chi connectivity index (χ1) is 17.1. The molecule has 0 aromatic carbocycles. The summed E-state index contributed by atoms with van der Waals surface area (Å²) in [6.07, 6.45) is 8.96. The third kappa shape index (κ3) is 3.30. The van der Waals surface area contributed by atoms with Crippen LogP contribution in [0.3, 0.4) is 0 Å². The number of aliphatic carboxylic acids is 1. The molecule has 11 atom stereocenters. The number of rotatable bonds is 2. The van der Waals surface area contributed by atoms with Crippen molar-refractivity contribution in [1.82, 2.24) is 0 Å². The Bertz CT molecular complexity index is 1060. The van der Waals surface area contributed by atoms with Crippen LogP contribution < -0.4 is 0 Å². The smallest absolute Gasteiger partial charge is 0.313 e. The Balaban J connectivity index is 1.62. The molecular weight excluding hydrogens is 464 g/mol. The predicted octanol–water partition coefficient (Wildman–Crippen LogP) is 6.84. The summed E-state index contributed by atoms with van der Waals surface area (Å²) in [4.78, 5) is 39.1. The van der Waals surface area contributed by atoms with Crippen molar-refractivity contribution >= 4 is 17.7 Å². The molecular formula is C32H48O5. The summed E-state index contributed by atoms with van der Waals surface area (Å²) < 4.78 is 5.63. The number of hydrogen-bond acceptors (Lipinski definition) is 4. The highest BCUT2D eigenvalue weighted by Gasteiger charge is 2.72. The molecule has 1 N–H and O–H groups in total. The van der Waals surface area contributed by atoms with Crippen LogP contribution in [0.25, 0.3) is 0 Å². The van der Waals surface area contributed by atoms with Gasteiger partial charge in [0, 0.05) is 12.8 Å². The van der Waals surface area contributed by atoms with Crippen LogP contribution in [0.1, 0.15) is 107 Å². The van der Waals surface area contributed by atoms with Gasteiger partial charge in [0.15, 0.2) is 5.78 Å². The third-order valence-electron chi connectivity index (χ3n) is 13.5. The van der Waals surface area contributed by atoms with Crippen molar-refractivity contribution in [2.45, 2.75) is 113 Å². The molecule has 0 aromatic rings. The van der Waals surface area contributed by atoms with Crippen LogP contribution >= 0.6 is 0 Å². The average molecular weight is 513 g/mol. The van der Waals surface area contributed by atoms with E-state index < -0.39 is 28.9 Å². The largest absolute Gasteiger partial charge is 0.481 e. The van der Waals surface area contributed by atoms with Gasteiger partial charge in [0.25, 0.3) is 0 Å². The second-order valence-electron chi connectivity index (χ2n) is 15.0. The minimum absolute atomic E-state index is 0.0680. The first-order valence-corrected chi connectivity index (χ1v) is 14.7. The molecule has 0 aromatic heterocycles. The number of ketones is 1. The van der Waals surface area contributed by atoms with Crippen molar-refractivity contribution in [3.8, 4) is 0 Å². The quantitative estimate of drug-likeness (QED) is 0.410. The number of allylic oxidation sites excluding steroid dienone is 2. The van der Waals surface area contributed by atoms with Gasteiger partial charge in [-0.25, -0.2) is 0 Å². The summed E-state index contributed by atoms with van der Waals surface area (Å²) in [5, 5.41) is 10.5. The molecule has 0 bridgehead atoms. The minimum Gasteiger partial charge on any atom is -0.481 e. The number of carbonyl (C=O) groups is 3. The van der Waals surface area contributed by atoms with Crippen LogP contribution in [-0.4, -0.2) is 28.9 Å². The van der Waals surface area contributed by atoms with Gasteiger partial charge in [0.05, 0.1) is 0 Å². The molecule has 4 saturated carbocycles. The number of carboxylic acid groups (broad SMARTS) is 1. The summed E-state index contributed by atoms with van der Waals surface area (Å²) in [5.41, 5.74) is -0.280. The van der Waals surface area contributed by atoms with E-state index in [0.717, 1.165) is 19.3 Å². The minimum atomic E-state index is -1.20. The second-order valence-corrected chi connectivity index (χ2v) is 15.0. The molecule has 5 nitrogen and oxygen atoms in total. The van der Waals surface area contributed by atoms with E-state index in [1.165, 1.54) is 31.8 Å². The van der Waals surface area contributed by atoms with Crippen molar-refractivity contribution in [2.24, 2.45) is 56.7 Å². The summed E-state index contributed by atoms with van der Waals surface area (Å²) in [6.45, 7) is 17.4. The predicted molar refractivity (Wildman–Crippen MR) is 143 cm³/mol. The maximum Gasteiger partial charge on any atom is 0.313 e. The third-order valence-corrected chi connectivity index (χ3v) is 13.5. The molecule has 0 aliphatic heterocycles. The van der Waals surface area contributed by atoms with E-state index in [4.69, 9.17) is 4.74 Å². The topological polar surface area (TPSA) is 80.7 Å². The molecule has 0 spiro atoms. The summed E-state index contributed by atoms with van der Waals surface area (Å²) in [5.74, 6) is 0.0756. The lowest BCUT2D eigenvalue weighted by Gasteiger charge is -2.70. The summed E-state index contributed by atoms with van der Waals surface area (Å²) in [7, 11) is 0. The molecule has 0 heterocycles. The molecule has 5 aliphatic rings. The first-order valence-electron chi connectivity index (χ1n) is 14.7. The number of carbonyl (C=O) groups excluding carboxylic acids is 2. The van der Waals surface area contributed by atoms with E-state index in [2.05, 4.69) is 47.6 Å². The van der Waals surface area contributed by atoms with Gasteiger partial charge >= 0.3 is 11.9 Å². The van der Waals surface area contributed by atoms with Gasteiger partial charge < -0.3 is 9.84 Å². The van der Waals surface area contributed by atoms with E-state index in [-0.39, 0.29) is 33.9 Å². The summed E-state index contributed by atoms with van der Waals surface area (Å²) >= 11 is 0. The standard InChI is InChI=1S/C32H48O5/c1-18-9-12-28(4)15-16-30(6)21(25(28)19(18)2)17-22(34)26-29(5)13-11-24(37-20(3)33)32(8,27(35)36)23(29)10-14-31(26,30)7/h17-19,23-26H,9-16H2,1-8H3,(H,35,36)/t18-,19+,23-,24-,25+,26-,28-,29+,30-,31-,32-/m0/s1. The van der Waals surface area contributed by atoms with Crippen molar-refractivity contribution in [2.75, 3.05) is 0 Å². The zero-order chi connectivity index (χ0) is 27.3. The molecule has 0 radical (unpaired) electrons. The molecule has 0 amide bonds. The monoisotopic (exact) mass is 512 g/mol. The van der Waals surface area contributed by atoms with Crippen LogP contribution in [0.4, 0.5) is 0 Å². The van der Waals surface area contributed by atoms with E-state index in [1.807, 2.05) is 0 Å². The maximum atomic E-state index is 14.4. The lowest BCUT2D eigenvalue weighted by atomic mass is 9.33. The molecule has 206 valence electrons. The molecule has 0 unspecified atom stereocenters. The normalized spacial score (nSPS) is 53.1.